The van der Waals surface area contributed by atoms with Crippen molar-refractivity contribution in [3.63, 3.8) is 0 Å². The van der Waals surface area contributed by atoms with Crippen LogP contribution in [0.25, 0.3) is 0 Å². The number of pyridine rings is 1. The smallest absolute Gasteiger partial charge is 0.252 e. The van der Waals surface area contributed by atoms with Gasteiger partial charge in [-0.25, -0.2) is 4.98 Å². The Bertz CT molecular complexity index is 612. The average Bonchev–Trinajstić information content (AvgIpc) is 2.94. The molecular formula is C14H13FN2O2S. The third kappa shape index (κ3) is 2.71. The fourth-order valence-electron chi connectivity index (χ4n) is 2.19. The molecule has 0 unspecified atom stereocenters. The fourth-order valence-corrected chi connectivity index (χ4v) is 3.11. The van der Waals surface area contributed by atoms with Gasteiger partial charge in [-0.3, -0.25) is 4.79 Å². The lowest BCUT2D eigenvalue weighted by atomic mass is 10.1. The lowest BCUT2D eigenvalue weighted by molar-refractivity contribution is 0.0423. The van der Waals surface area contributed by atoms with Crippen LogP contribution >= 0.6 is 11.3 Å². The van der Waals surface area contributed by atoms with Gasteiger partial charge in [-0.1, -0.05) is 0 Å². The molecular weight excluding hydrogens is 279 g/mol. The molecule has 1 N–H and O–H groups in total. The van der Waals surface area contributed by atoms with E-state index in [0.29, 0.717) is 18.7 Å². The fraction of sp³-hybridized carbons (Fsp3) is 0.286. The minimum absolute atomic E-state index is 0.109. The summed E-state index contributed by atoms with van der Waals surface area (Å²) >= 11 is 1.72. The number of aromatic nitrogens is 1. The number of hydrogen-bond donors (Lipinski definition) is 1. The molecule has 0 saturated carbocycles. The highest BCUT2D eigenvalue weighted by molar-refractivity contribution is 7.10. The van der Waals surface area contributed by atoms with E-state index < -0.39 is 5.95 Å². The monoisotopic (exact) mass is 292 g/mol. The minimum atomic E-state index is -0.597. The Morgan fingerprint density at radius 2 is 2.40 bits per heavy atom. The first-order valence-electron chi connectivity index (χ1n) is 6.31. The maximum atomic E-state index is 12.7. The number of halogens is 1. The Hall–Kier alpha value is -1.79. The molecule has 0 fully saturated rings. The lowest BCUT2D eigenvalue weighted by Gasteiger charge is -2.23. The van der Waals surface area contributed by atoms with Gasteiger partial charge in [0.15, 0.2) is 0 Å². The summed E-state index contributed by atoms with van der Waals surface area (Å²) in [5, 5.41) is 4.84. The maximum absolute atomic E-state index is 12.7. The van der Waals surface area contributed by atoms with Crippen molar-refractivity contribution < 1.29 is 13.9 Å². The van der Waals surface area contributed by atoms with Crippen LogP contribution in [0.4, 0.5) is 4.39 Å². The Balaban J connectivity index is 1.63. The minimum Gasteiger partial charge on any atom is -0.371 e. The summed E-state index contributed by atoms with van der Waals surface area (Å²) < 4.78 is 18.4. The first-order chi connectivity index (χ1) is 9.74. The quantitative estimate of drug-likeness (QED) is 0.883. The molecule has 0 aromatic carbocycles. The van der Waals surface area contributed by atoms with Crippen molar-refractivity contribution in [1.82, 2.24) is 10.3 Å². The predicted molar refractivity (Wildman–Crippen MR) is 73.2 cm³/mol. The van der Waals surface area contributed by atoms with E-state index >= 15 is 0 Å². The van der Waals surface area contributed by atoms with Gasteiger partial charge in [-0.15, -0.1) is 11.3 Å². The summed E-state index contributed by atoms with van der Waals surface area (Å²) in [4.78, 5) is 16.7. The standard InChI is InChI=1S/C14H13FN2O2S/c15-13-2-1-9(7-16-13)14(18)17-8-11-10-4-6-20-12(10)3-5-19-11/h1-2,4,6-7,11H,3,5,8H2,(H,17,18)/t11-/m0/s1. The molecule has 1 atom stereocenters. The van der Waals surface area contributed by atoms with Crippen LogP contribution in [0.2, 0.25) is 0 Å². The van der Waals surface area contributed by atoms with Crippen LogP contribution in [0, 0.1) is 5.95 Å². The lowest BCUT2D eigenvalue weighted by Crippen LogP contribution is -2.31. The van der Waals surface area contributed by atoms with Gasteiger partial charge >= 0.3 is 0 Å². The molecule has 1 aliphatic rings. The first-order valence-corrected chi connectivity index (χ1v) is 7.19. The first kappa shape index (κ1) is 13.2. The number of nitrogens with one attached hydrogen (secondary N) is 1. The van der Waals surface area contributed by atoms with Crippen LogP contribution in [0.3, 0.4) is 0 Å². The Labute approximate surface area is 119 Å². The van der Waals surface area contributed by atoms with Crippen molar-refractivity contribution in [3.8, 4) is 0 Å². The van der Waals surface area contributed by atoms with Crippen LogP contribution in [0.5, 0.6) is 0 Å². The Morgan fingerprint density at radius 3 is 3.20 bits per heavy atom. The molecule has 0 saturated heterocycles. The van der Waals surface area contributed by atoms with E-state index in [1.54, 1.807) is 11.3 Å². The van der Waals surface area contributed by atoms with E-state index in [4.69, 9.17) is 4.74 Å². The molecule has 4 nitrogen and oxygen atoms in total. The number of fused-ring (bicyclic) bond motifs is 1. The van der Waals surface area contributed by atoms with Crippen molar-refractivity contribution in [1.29, 1.82) is 0 Å². The van der Waals surface area contributed by atoms with Crippen LogP contribution < -0.4 is 5.32 Å². The molecule has 2 aromatic rings. The predicted octanol–water partition coefficient (Wildman–Crippen LogP) is 2.33. The maximum Gasteiger partial charge on any atom is 0.252 e. The van der Waals surface area contributed by atoms with Gasteiger partial charge < -0.3 is 10.1 Å². The number of rotatable bonds is 3. The number of ether oxygens (including phenoxy) is 1. The molecule has 1 amide bonds. The van der Waals surface area contributed by atoms with Crippen molar-refractivity contribution in [2.45, 2.75) is 12.5 Å². The van der Waals surface area contributed by atoms with Gasteiger partial charge in [0.2, 0.25) is 5.95 Å². The summed E-state index contributed by atoms with van der Waals surface area (Å²) in [5.41, 5.74) is 1.49. The zero-order valence-electron chi connectivity index (χ0n) is 10.6. The molecule has 104 valence electrons. The zero-order chi connectivity index (χ0) is 13.9. The second-order valence-corrected chi connectivity index (χ2v) is 5.49. The number of thiophene rings is 1. The van der Waals surface area contributed by atoms with E-state index in [9.17, 15) is 9.18 Å². The third-order valence-corrected chi connectivity index (χ3v) is 4.21. The van der Waals surface area contributed by atoms with Crippen LogP contribution in [0.15, 0.2) is 29.8 Å². The molecule has 20 heavy (non-hydrogen) atoms. The number of hydrogen-bond acceptors (Lipinski definition) is 4. The molecule has 1 aliphatic heterocycles. The topological polar surface area (TPSA) is 51.2 Å². The van der Waals surface area contributed by atoms with Gasteiger partial charge in [0.05, 0.1) is 12.2 Å². The van der Waals surface area contributed by atoms with E-state index in [-0.39, 0.29) is 12.0 Å². The normalized spacial score (nSPS) is 17.6. The van der Waals surface area contributed by atoms with Crippen molar-refractivity contribution in [3.05, 3.63) is 51.7 Å². The number of nitrogens with zero attached hydrogens (tertiary/aromatic N) is 1. The second kappa shape index (κ2) is 5.68. The summed E-state index contributed by atoms with van der Waals surface area (Å²) in [6, 6.07) is 4.62. The van der Waals surface area contributed by atoms with Crippen LogP contribution in [-0.4, -0.2) is 24.0 Å². The summed E-state index contributed by atoms with van der Waals surface area (Å²) in [7, 11) is 0. The SMILES string of the molecule is O=C(NC[C@@H]1OCCc2sccc21)c1ccc(F)nc1. The highest BCUT2D eigenvalue weighted by Crippen LogP contribution is 2.30. The molecule has 3 rings (SSSR count). The van der Waals surface area contributed by atoms with Crippen LogP contribution in [0.1, 0.15) is 26.9 Å². The van der Waals surface area contributed by atoms with Gasteiger partial charge in [-0.05, 0) is 29.1 Å². The molecule has 0 spiro atoms. The molecule has 2 aromatic heterocycles. The zero-order valence-corrected chi connectivity index (χ0v) is 11.5. The van der Waals surface area contributed by atoms with E-state index in [1.165, 1.54) is 23.2 Å². The van der Waals surface area contributed by atoms with Crippen molar-refractivity contribution >= 4 is 17.2 Å². The van der Waals surface area contributed by atoms with E-state index in [1.807, 2.05) is 11.4 Å². The second-order valence-electron chi connectivity index (χ2n) is 4.49. The third-order valence-electron chi connectivity index (χ3n) is 3.21. The van der Waals surface area contributed by atoms with E-state index in [2.05, 4.69) is 10.3 Å². The number of carbonyl (C=O) groups is 1. The number of amides is 1. The van der Waals surface area contributed by atoms with Crippen LogP contribution in [-0.2, 0) is 11.2 Å². The Kier molecular flexibility index (Phi) is 3.75. The van der Waals surface area contributed by atoms with Gasteiger partial charge in [-0.2, -0.15) is 4.39 Å². The number of carbonyl (C=O) groups excluding carboxylic acids is 1. The highest BCUT2D eigenvalue weighted by Gasteiger charge is 2.22. The average molecular weight is 292 g/mol. The van der Waals surface area contributed by atoms with Gasteiger partial charge in [0.1, 0.15) is 6.10 Å². The molecule has 0 radical (unpaired) electrons. The summed E-state index contributed by atoms with van der Waals surface area (Å²) in [6.07, 6.45) is 2.05. The highest BCUT2D eigenvalue weighted by atomic mass is 32.1. The molecule has 6 heteroatoms. The molecule has 3 heterocycles. The van der Waals surface area contributed by atoms with Gasteiger partial charge in [0, 0.05) is 24.0 Å². The Morgan fingerprint density at radius 1 is 1.50 bits per heavy atom. The van der Waals surface area contributed by atoms with Crippen molar-refractivity contribution in [2.24, 2.45) is 0 Å². The summed E-state index contributed by atoms with van der Waals surface area (Å²) in [6.45, 7) is 1.08. The van der Waals surface area contributed by atoms with E-state index in [0.717, 1.165) is 12.0 Å². The van der Waals surface area contributed by atoms with Gasteiger partial charge in [0.25, 0.3) is 5.91 Å². The molecule has 0 aliphatic carbocycles. The molecule has 0 bridgehead atoms. The van der Waals surface area contributed by atoms with Crippen molar-refractivity contribution in [2.75, 3.05) is 13.2 Å². The largest absolute Gasteiger partial charge is 0.371 e. The summed E-state index contributed by atoms with van der Waals surface area (Å²) in [5.74, 6) is -0.872.